The highest BCUT2D eigenvalue weighted by Crippen LogP contribution is 2.43. The summed E-state index contributed by atoms with van der Waals surface area (Å²) < 4.78 is 51.8. The number of carbonyl (C=O) groups excluding carboxylic acids is 1. The average Bonchev–Trinajstić information content (AvgIpc) is 3.38. The smallest absolute Gasteiger partial charge is 0.410 e. The number of halogens is 3. The third-order valence-corrected chi connectivity index (χ3v) is 4.31. The zero-order valence-electron chi connectivity index (χ0n) is 13.9. The first kappa shape index (κ1) is 17.3. The molecule has 0 saturated heterocycles. The normalized spacial score (nSPS) is 19.4. The van der Waals surface area contributed by atoms with Crippen LogP contribution in [0.3, 0.4) is 0 Å². The molecule has 4 rings (SSSR count). The maximum Gasteiger partial charge on any atom is 0.410 e. The van der Waals surface area contributed by atoms with E-state index in [9.17, 15) is 18.0 Å². The molecule has 0 fully saturated rings. The third-order valence-electron chi connectivity index (χ3n) is 4.31. The van der Waals surface area contributed by atoms with Gasteiger partial charge in [-0.15, -0.1) is 0 Å². The molecular formula is C17H15F3N4O3. The third kappa shape index (κ3) is 3.42. The predicted octanol–water partition coefficient (Wildman–Crippen LogP) is 3.66. The van der Waals surface area contributed by atoms with Crippen LogP contribution in [-0.4, -0.2) is 21.9 Å². The number of furan rings is 2. The number of nitrogens with one attached hydrogen (secondary N) is 2. The summed E-state index contributed by atoms with van der Waals surface area (Å²) in [7, 11) is 0. The average molecular weight is 380 g/mol. The number of rotatable bonds is 4. The van der Waals surface area contributed by atoms with Gasteiger partial charge in [0.2, 0.25) is 0 Å². The lowest BCUT2D eigenvalue weighted by molar-refractivity contribution is -0.174. The van der Waals surface area contributed by atoms with Gasteiger partial charge in [-0.2, -0.15) is 18.3 Å². The van der Waals surface area contributed by atoms with E-state index in [2.05, 4.69) is 15.7 Å². The molecule has 3 aromatic heterocycles. The number of carbonyl (C=O) groups is 1. The first-order valence-electron chi connectivity index (χ1n) is 8.18. The summed E-state index contributed by atoms with van der Waals surface area (Å²) in [5.74, 6) is 0.427. The summed E-state index contributed by atoms with van der Waals surface area (Å²) in [6.45, 7) is 0.110. The monoisotopic (exact) mass is 380 g/mol. The van der Waals surface area contributed by atoms with Crippen molar-refractivity contribution in [2.45, 2.75) is 31.2 Å². The van der Waals surface area contributed by atoms with Gasteiger partial charge in [-0.25, -0.2) is 4.68 Å². The zero-order valence-corrected chi connectivity index (χ0v) is 13.9. The molecule has 7 nitrogen and oxygen atoms in total. The van der Waals surface area contributed by atoms with Gasteiger partial charge in [-0.1, -0.05) is 0 Å². The molecule has 2 atom stereocenters. The molecule has 142 valence electrons. The number of nitrogens with zero attached hydrogens (tertiary/aromatic N) is 2. The minimum Gasteiger partial charge on any atom is -0.467 e. The van der Waals surface area contributed by atoms with Crippen LogP contribution in [0.1, 0.15) is 40.5 Å². The number of hydrogen-bond acceptors (Lipinski definition) is 5. The van der Waals surface area contributed by atoms with Gasteiger partial charge in [-0.3, -0.25) is 4.79 Å². The Kier molecular flexibility index (Phi) is 4.17. The van der Waals surface area contributed by atoms with Crippen molar-refractivity contribution in [2.24, 2.45) is 0 Å². The summed E-state index contributed by atoms with van der Waals surface area (Å²) in [6, 6.07) is 5.32. The molecule has 10 heteroatoms. The maximum absolute atomic E-state index is 13.5. The highest BCUT2D eigenvalue weighted by Gasteiger charge is 2.47. The molecule has 2 N–H and O–H groups in total. The highest BCUT2D eigenvalue weighted by atomic mass is 19.4. The quantitative estimate of drug-likeness (QED) is 0.722. The Morgan fingerprint density at radius 2 is 2.07 bits per heavy atom. The van der Waals surface area contributed by atoms with E-state index in [1.807, 2.05) is 0 Å². The largest absolute Gasteiger partial charge is 0.467 e. The van der Waals surface area contributed by atoms with Crippen molar-refractivity contribution in [3.05, 3.63) is 60.1 Å². The molecule has 0 saturated carbocycles. The molecule has 4 heterocycles. The first-order chi connectivity index (χ1) is 12.9. The molecular weight excluding hydrogens is 365 g/mol. The van der Waals surface area contributed by atoms with Crippen LogP contribution >= 0.6 is 0 Å². The van der Waals surface area contributed by atoms with Crippen molar-refractivity contribution in [3.8, 4) is 0 Å². The second-order valence-electron chi connectivity index (χ2n) is 6.13. The molecule has 2 unspecified atom stereocenters. The lowest BCUT2D eigenvalue weighted by Gasteiger charge is -2.32. The van der Waals surface area contributed by atoms with Gasteiger partial charge in [0.15, 0.2) is 11.7 Å². The van der Waals surface area contributed by atoms with Gasteiger partial charge < -0.3 is 19.5 Å². The van der Waals surface area contributed by atoms with Crippen LogP contribution in [0.2, 0.25) is 0 Å². The number of hydrogen-bond donors (Lipinski definition) is 2. The summed E-state index contributed by atoms with van der Waals surface area (Å²) in [5, 5.41) is 9.40. The Bertz CT molecular complexity index is 916. The molecule has 1 aliphatic heterocycles. The Morgan fingerprint density at radius 1 is 1.30 bits per heavy atom. The predicted molar refractivity (Wildman–Crippen MR) is 86.9 cm³/mol. The number of alkyl halides is 3. The lowest BCUT2D eigenvalue weighted by atomic mass is 10.0. The number of fused-ring (bicyclic) bond motifs is 1. The van der Waals surface area contributed by atoms with Gasteiger partial charge >= 0.3 is 6.18 Å². The highest BCUT2D eigenvalue weighted by molar-refractivity contribution is 5.93. The molecule has 1 aliphatic rings. The van der Waals surface area contributed by atoms with Gasteiger partial charge in [0.05, 0.1) is 25.1 Å². The topological polar surface area (TPSA) is 85.2 Å². The minimum absolute atomic E-state index is 0.105. The Morgan fingerprint density at radius 3 is 2.74 bits per heavy atom. The fourth-order valence-corrected chi connectivity index (χ4v) is 3.03. The second kappa shape index (κ2) is 6.53. The van der Waals surface area contributed by atoms with Crippen LogP contribution in [0.25, 0.3) is 0 Å². The van der Waals surface area contributed by atoms with Crippen LogP contribution in [0, 0.1) is 0 Å². The van der Waals surface area contributed by atoms with Crippen molar-refractivity contribution < 1.29 is 26.8 Å². The SMILES string of the molecule is O=C(NCc1ccco1)c1cc2n(n1)C(C(F)(F)F)CC(c1ccco1)N2. The zero-order chi connectivity index (χ0) is 19.0. The Hall–Kier alpha value is -3.17. The van der Waals surface area contributed by atoms with Gasteiger partial charge in [0.1, 0.15) is 17.3 Å². The maximum atomic E-state index is 13.5. The van der Waals surface area contributed by atoms with E-state index < -0.39 is 24.2 Å². The van der Waals surface area contributed by atoms with Crippen molar-refractivity contribution in [3.63, 3.8) is 0 Å². The summed E-state index contributed by atoms with van der Waals surface area (Å²) in [5.41, 5.74) is -0.113. The summed E-state index contributed by atoms with van der Waals surface area (Å²) >= 11 is 0. The van der Waals surface area contributed by atoms with Crippen LogP contribution in [0.15, 0.2) is 51.7 Å². The lowest BCUT2D eigenvalue weighted by Crippen LogP contribution is -2.35. The van der Waals surface area contributed by atoms with Crippen molar-refractivity contribution in [1.82, 2.24) is 15.1 Å². The fraction of sp³-hybridized carbons (Fsp3) is 0.294. The van der Waals surface area contributed by atoms with Crippen molar-refractivity contribution in [1.29, 1.82) is 0 Å². The van der Waals surface area contributed by atoms with Crippen molar-refractivity contribution >= 4 is 11.7 Å². The number of amides is 1. The fourth-order valence-electron chi connectivity index (χ4n) is 3.03. The van der Waals surface area contributed by atoms with E-state index in [1.165, 1.54) is 18.6 Å². The van der Waals surface area contributed by atoms with Gasteiger partial charge in [-0.05, 0) is 24.3 Å². The molecule has 1 amide bonds. The molecule has 0 radical (unpaired) electrons. The number of aromatic nitrogens is 2. The van der Waals surface area contributed by atoms with E-state index in [0.717, 1.165) is 4.68 Å². The first-order valence-corrected chi connectivity index (χ1v) is 8.18. The standard InChI is InChI=1S/C17H15F3N4O3/c18-17(19,20)14-7-11(13-4-2-6-27-13)22-15-8-12(23-24(14)15)16(25)21-9-10-3-1-5-26-10/h1-6,8,11,14,22H,7,9H2,(H,21,25). The summed E-state index contributed by atoms with van der Waals surface area (Å²) in [4.78, 5) is 12.3. The summed E-state index contributed by atoms with van der Waals surface area (Å²) in [6.07, 6.45) is -1.95. The Labute approximate surface area is 151 Å². The van der Waals surface area contributed by atoms with Crippen molar-refractivity contribution in [2.75, 3.05) is 5.32 Å². The van der Waals surface area contributed by atoms with Crippen LogP contribution < -0.4 is 10.6 Å². The molecule has 0 aliphatic carbocycles. The Balaban J connectivity index is 1.58. The van der Waals surface area contributed by atoms with E-state index >= 15 is 0 Å². The van der Waals surface area contributed by atoms with Crippen LogP contribution in [0.4, 0.5) is 19.0 Å². The second-order valence-corrected chi connectivity index (χ2v) is 6.13. The van der Waals surface area contributed by atoms with Gasteiger partial charge in [0, 0.05) is 12.5 Å². The van der Waals surface area contributed by atoms with Crippen LogP contribution in [0.5, 0.6) is 0 Å². The van der Waals surface area contributed by atoms with E-state index in [4.69, 9.17) is 8.83 Å². The molecule has 0 spiro atoms. The van der Waals surface area contributed by atoms with E-state index in [-0.39, 0.29) is 24.5 Å². The molecule has 27 heavy (non-hydrogen) atoms. The molecule has 3 aromatic rings. The van der Waals surface area contributed by atoms with Gasteiger partial charge in [0.25, 0.3) is 5.91 Å². The van der Waals surface area contributed by atoms with E-state index in [1.54, 1.807) is 24.3 Å². The molecule has 0 bridgehead atoms. The minimum atomic E-state index is -4.52. The van der Waals surface area contributed by atoms with E-state index in [0.29, 0.717) is 11.5 Å². The molecule has 0 aromatic carbocycles. The number of anilines is 1. The van der Waals surface area contributed by atoms with Crippen LogP contribution in [-0.2, 0) is 6.54 Å².